The number of hydrogen-bond donors (Lipinski definition) is 2. The average molecular weight is 492 g/mol. The van der Waals surface area contributed by atoms with Gasteiger partial charge in [0.05, 0.1) is 0 Å². The minimum absolute atomic E-state index is 0.0767. The average Bonchev–Trinajstić information content (AvgIpc) is 3.60. The van der Waals surface area contributed by atoms with Gasteiger partial charge in [-0.1, -0.05) is 13.0 Å². The molecular formula is C31H45N3O2. The Labute approximate surface area is 217 Å². The van der Waals surface area contributed by atoms with E-state index in [4.69, 9.17) is 0 Å². The molecule has 0 aromatic heterocycles. The van der Waals surface area contributed by atoms with Crippen molar-refractivity contribution in [2.75, 3.05) is 32.7 Å². The first-order valence-corrected chi connectivity index (χ1v) is 15.1. The maximum Gasteiger partial charge on any atom is 0.226 e. The summed E-state index contributed by atoms with van der Waals surface area (Å²) in [6.45, 7) is 10.2. The van der Waals surface area contributed by atoms with Crippen molar-refractivity contribution in [1.82, 2.24) is 15.1 Å². The van der Waals surface area contributed by atoms with Crippen LogP contribution in [0.1, 0.15) is 76.3 Å². The summed E-state index contributed by atoms with van der Waals surface area (Å²) in [7, 11) is 0. The summed E-state index contributed by atoms with van der Waals surface area (Å²) in [4.78, 5) is 19.1. The van der Waals surface area contributed by atoms with Gasteiger partial charge in [-0.05, 0) is 131 Å². The first-order valence-electron chi connectivity index (χ1n) is 15.1. The number of nitrogens with one attached hydrogen (secondary N) is 1. The molecule has 1 aromatic carbocycles. The molecule has 3 aliphatic heterocycles. The normalized spacial score (nSPS) is 40.4. The molecule has 1 aromatic rings. The molecule has 0 spiro atoms. The van der Waals surface area contributed by atoms with Crippen molar-refractivity contribution in [3.8, 4) is 5.75 Å². The van der Waals surface area contributed by atoms with E-state index in [-0.39, 0.29) is 16.7 Å². The number of phenols is 1. The fourth-order valence-electron chi connectivity index (χ4n) is 10.3. The summed E-state index contributed by atoms with van der Waals surface area (Å²) in [5.74, 6) is 3.12. The molecular weight excluding hydrogens is 446 g/mol. The van der Waals surface area contributed by atoms with Gasteiger partial charge in [0, 0.05) is 36.5 Å². The van der Waals surface area contributed by atoms with Crippen molar-refractivity contribution in [3.05, 3.63) is 29.3 Å². The lowest BCUT2D eigenvalue weighted by molar-refractivity contribution is -0.143. The van der Waals surface area contributed by atoms with Crippen LogP contribution >= 0.6 is 0 Å². The van der Waals surface area contributed by atoms with Gasteiger partial charge < -0.3 is 15.3 Å². The second-order valence-electron chi connectivity index (χ2n) is 13.3. The number of phenolic OH excluding ortho intramolecular Hbond substituents is 1. The number of amides is 1. The number of benzene rings is 1. The molecule has 6 atom stereocenters. The van der Waals surface area contributed by atoms with Gasteiger partial charge in [-0.25, -0.2) is 0 Å². The number of carbonyl (C=O) groups is 1. The number of aromatic hydroxyl groups is 1. The molecule has 3 saturated carbocycles. The highest BCUT2D eigenvalue weighted by Crippen LogP contribution is 2.74. The number of piperidine rings is 2. The Kier molecular flexibility index (Phi) is 5.53. The van der Waals surface area contributed by atoms with E-state index < -0.39 is 0 Å². The van der Waals surface area contributed by atoms with E-state index in [2.05, 4.69) is 41.1 Å². The fourth-order valence-corrected chi connectivity index (χ4v) is 10.3. The standard InChI is InChI=1S/C31H45N3O2/c1-3-22-6-7-25(35)16-26(22)31-12-15-33(18-21-4-5-21)20(2)30(31)11-8-27-28(31)24(17-30)19-34(27)29(36)23-9-13-32-14-10-23/h6-7,16,20-21,23-24,27-28,32,35H,3-5,8-15,17-19H2,1-2H3/t20?,24-,27?,28?,30?,31?/m1/s1. The van der Waals surface area contributed by atoms with E-state index in [9.17, 15) is 9.90 Å². The van der Waals surface area contributed by atoms with Crippen LogP contribution in [0.5, 0.6) is 5.75 Å². The zero-order valence-electron chi connectivity index (χ0n) is 22.3. The Morgan fingerprint density at radius 1 is 1.14 bits per heavy atom. The van der Waals surface area contributed by atoms with Gasteiger partial charge in [-0.3, -0.25) is 9.69 Å². The lowest BCUT2D eigenvalue weighted by atomic mass is 9.46. The van der Waals surface area contributed by atoms with Crippen LogP contribution in [-0.2, 0) is 16.6 Å². The van der Waals surface area contributed by atoms with Gasteiger partial charge in [-0.15, -0.1) is 0 Å². The molecule has 6 fully saturated rings. The first-order chi connectivity index (χ1) is 17.5. The van der Waals surface area contributed by atoms with Crippen LogP contribution in [0.3, 0.4) is 0 Å². The van der Waals surface area contributed by atoms with Crippen molar-refractivity contribution in [3.63, 3.8) is 0 Å². The molecule has 1 amide bonds. The van der Waals surface area contributed by atoms with E-state index >= 15 is 0 Å². The zero-order valence-corrected chi connectivity index (χ0v) is 22.3. The van der Waals surface area contributed by atoms with Crippen LogP contribution in [0.15, 0.2) is 18.2 Å². The van der Waals surface area contributed by atoms with Crippen molar-refractivity contribution in [2.45, 2.75) is 89.1 Å². The highest BCUT2D eigenvalue weighted by molar-refractivity contribution is 5.80. The van der Waals surface area contributed by atoms with Crippen LogP contribution in [0.2, 0.25) is 0 Å². The van der Waals surface area contributed by atoms with Crippen LogP contribution in [0.25, 0.3) is 0 Å². The Hall–Kier alpha value is -1.59. The third-order valence-corrected chi connectivity index (χ3v) is 12.0. The quantitative estimate of drug-likeness (QED) is 0.644. The SMILES string of the molecule is CCc1ccc(O)cc1C12CCN(CC3CC3)C(C)C13CCC1C2[C@@H](CN1C(=O)C1CCNCC1)C3. The molecule has 7 rings (SSSR count). The molecule has 196 valence electrons. The van der Waals surface area contributed by atoms with Gasteiger partial charge in [0.15, 0.2) is 0 Å². The lowest BCUT2D eigenvalue weighted by Crippen LogP contribution is -2.67. The molecule has 2 N–H and O–H groups in total. The summed E-state index contributed by atoms with van der Waals surface area (Å²) in [6.07, 6.45) is 10.7. The second-order valence-corrected chi connectivity index (χ2v) is 13.3. The first kappa shape index (κ1) is 23.5. The molecule has 3 aliphatic carbocycles. The largest absolute Gasteiger partial charge is 0.508 e. The number of rotatable bonds is 5. The molecule has 0 radical (unpaired) electrons. The Bertz CT molecular complexity index is 1030. The predicted octanol–water partition coefficient (Wildman–Crippen LogP) is 4.32. The molecule has 2 bridgehead atoms. The molecule has 36 heavy (non-hydrogen) atoms. The maximum atomic E-state index is 13.9. The molecule has 5 heteroatoms. The molecule has 3 saturated heterocycles. The zero-order chi connectivity index (χ0) is 24.7. The Morgan fingerprint density at radius 2 is 1.94 bits per heavy atom. The molecule has 5 unspecified atom stereocenters. The van der Waals surface area contributed by atoms with Crippen LogP contribution in [0, 0.1) is 29.1 Å². The van der Waals surface area contributed by atoms with E-state index in [0.29, 0.717) is 35.6 Å². The predicted molar refractivity (Wildman–Crippen MR) is 142 cm³/mol. The minimum atomic E-state index is 0.0767. The van der Waals surface area contributed by atoms with Gasteiger partial charge in [0.25, 0.3) is 0 Å². The second kappa shape index (κ2) is 8.46. The van der Waals surface area contributed by atoms with Crippen molar-refractivity contribution < 1.29 is 9.90 Å². The maximum absolute atomic E-state index is 13.9. The van der Waals surface area contributed by atoms with Crippen molar-refractivity contribution in [1.29, 1.82) is 0 Å². The smallest absolute Gasteiger partial charge is 0.226 e. The summed E-state index contributed by atoms with van der Waals surface area (Å²) in [5.41, 5.74) is 3.20. The Morgan fingerprint density at radius 3 is 2.69 bits per heavy atom. The molecule has 5 nitrogen and oxygen atoms in total. The number of aryl methyl sites for hydroxylation is 1. The van der Waals surface area contributed by atoms with Crippen molar-refractivity contribution in [2.24, 2.45) is 29.1 Å². The Balaban J connectivity index is 1.31. The third-order valence-electron chi connectivity index (χ3n) is 12.0. The van der Waals surface area contributed by atoms with Gasteiger partial charge in [0.2, 0.25) is 5.91 Å². The van der Waals surface area contributed by atoms with Gasteiger partial charge in [0.1, 0.15) is 5.75 Å². The summed E-state index contributed by atoms with van der Waals surface area (Å²) < 4.78 is 0. The van der Waals surface area contributed by atoms with E-state index in [1.165, 1.54) is 56.2 Å². The minimum Gasteiger partial charge on any atom is -0.508 e. The van der Waals surface area contributed by atoms with Crippen LogP contribution < -0.4 is 5.32 Å². The molecule has 3 heterocycles. The summed E-state index contributed by atoms with van der Waals surface area (Å²) in [6, 6.07) is 7.19. The third kappa shape index (κ3) is 3.17. The fraction of sp³-hybridized carbons (Fsp3) is 0.774. The number of carbonyl (C=O) groups excluding carboxylic acids is 1. The van der Waals surface area contributed by atoms with Crippen LogP contribution in [-0.4, -0.2) is 65.6 Å². The van der Waals surface area contributed by atoms with Gasteiger partial charge >= 0.3 is 0 Å². The monoisotopic (exact) mass is 491 g/mol. The van der Waals surface area contributed by atoms with E-state index in [0.717, 1.165) is 51.4 Å². The summed E-state index contributed by atoms with van der Waals surface area (Å²) in [5, 5.41) is 14.2. The van der Waals surface area contributed by atoms with Gasteiger partial charge in [-0.2, -0.15) is 0 Å². The van der Waals surface area contributed by atoms with Crippen LogP contribution in [0.4, 0.5) is 0 Å². The highest BCUT2D eigenvalue weighted by atomic mass is 16.3. The molecule has 6 aliphatic rings. The lowest BCUT2D eigenvalue weighted by Gasteiger charge is -2.63. The highest BCUT2D eigenvalue weighted by Gasteiger charge is 2.74. The van der Waals surface area contributed by atoms with Crippen molar-refractivity contribution >= 4 is 5.91 Å². The number of likely N-dealkylation sites (tertiary alicyclic amines) is 2. The topological polar surface area (TPSA) is 55.8 Å². The number of hydrogen-bond acceptors (Lipinski definition) is 4. The number of nitrogens with zero attached hydrogens (tertiary/aromatic N) is 2. The van der Waals surface area contributed by atoms with E-state index in [1.807, 2.05) is 6.07 Å². The van der Waals surface area contributed by atoms with E-state index in [1.54, 1.807) is 0 Å². The summed E-state index contributed by atoms with van der Waals surface area (Å²) >= 11 is 0.